The number of fused-ring (bicyclic) bond motifs is 1. The molecule has 2 N–H and O–H groups in total. The van der Waals surface area contributed by atoms with E-state index in [4.69, 9.17) is 0 Å². The monoisotopic (exact) mass is 674 g/mol. The number of rotatable bonds is 12. The van der Waals surface area contributed by atoms with Crippen LogP contribution < -0.4 is 10.6 Å². The number of nitrogens with one attached hydrogen (secondary N) is 2. The Bertz CT molecular complexity index is 1260. The van der Waals surface area contributed by atoms with Crippen molar-refractivity contribution in [2.45, 2.75) is 48.3 Å². The van der Waals surface area contributed by atoms with Gasteiger partial charge in [-0.2, -0.15) is 61.5 Å². The van der Waals surface area contributed by atoms with Crippen molar-refractivity contribution < 1.29 is 89.3 Å². The molecule has 2 rings (SSSR count). The van der Waals surface area contributed by atoms with Crippen LogP contribution in [0.5, 0.6) is 0 Å². The highest BCUT2D eigenvalue weighted by atomic mass is 19.4. The zero-order valence-corrected chi connectivity index (χ0v) is 20.7. The van der Waals surface area contributed by atoms with Crippen LogP contribution in [-0.2, 0) is 9.47 Å². The van der Waals surface area contributed by atoms with Gasteiger partial charge in [-0.3, -0.25) is 10.6 Å². The lowest BCUT2D eigenvalue weighted by Gasteiger charge is -2.32. The molecule has 0 saturated carbocycles. The number of hydrogen-bond donors (Lipinski definition) is 2. The Morgan fingerprint density at radius 3 is 1.16 bits per heavy atom. The van der Waals surface area contributed by atoms with Crippen molar-refractivity contribution in [2.24, 2.45) is 0 Å². The zero-order chi connectivity index (χ0) is 34.1. The number of benzene rings is 2. The molecule has 2 aromatic rings. The fraction of sp³-hybridized carbons (Fsp3) is 0.455. The van der Waals surface area contributed by atoms with E-state index in [1.54, 1.807) is 0 Å². The molecule has 0 fully saturated rings. The molecule has 44 heavy (non-hydrogen) atoms. The first-order valence-electron chi connectivity index (χ1n) is 11.0. The summed E-state index contributed by atoms with van der Waals surface area (Å²) in [5, 5.41) is 2.39. The molecule has 6 nitrogen and oxygen atoms in total. The van der Waals surface area contributed by atoms with Crippen LogP contribution in [0.4, 0.5) is 91.2 Å². The SMILES string of the molecule is O=C(Nc1cccc2c(NC(=O)O[C@H](F)C(F)(F)C(F)(F)C(F)(F)CF)cccc12)O[C@@H](F)C(F)(F)C(F)(F)C(F)(F)CF. The van der Waals surface area contributed by atoms with Gasteiger partial charge in [-0.05, 0) is 12.1 Å². The van der Waals surface area contributed by atoms with Crippen molar-refractivity contribution in [1.29, 1.82) is 0 Å². The molecule has 0 heterocycles. The third kappa shape index (κ3) is 6.47. The van der Waals surface area contributed by atoms with Crippen LogP contribution in [0, 0.1) is 0 Å². The Morgan fingerprint density at radius 2 is 0.886 bits per heavy atom. The van der Waals surface area contributed by atoms with Gasteiger partial charge in [0.05, 0.1) is 11.4 Å². The summed E-state index contributed by atoms with van der Waals surface area (Å²) in [7, 11) is 0. The Labute approximate surface area is 233 Å². The Hall–Kier alpha value is -3.88. The first-order chi connectivity index (χ1) is 19.9. The summed E-state index contributed by atoms with van der Waals surface area (Å²) >= 11 is 0. The lowest BCUT2D eigenvalue weighted by Crippen LogP contribution is -2.60. The van der Waals surface area contributed by atoms with Crippen molar-refractivity contribution in [2.75, 3.05) is 24.0 Å². The van der Waals surface area contributed by atoms with Crippen molar-refractivity contribution in [1.82, 2.24) is 0 Å². The van der Waals surface area contributed by atoms with Crippen LogP contribution in [0.1, 0.15) is 0 Å². The quantitative estimate of drug-likeness (QED) is 0.222. The third-order valence-electron chi connectivity index (χ3n) is 5.48. The normalized spacial score (nSPS) is 15.0. The fourth-order valence-electron chi connectivity index (χ4n) is 3.08. The van der Waals surface area contributed by atoms with Gasteiger partial charge in [0.25, 0.3) is 0 Å². The maximum atomic E-state index is 13.7. The van der Waals surface area contributed by atoms with Crippen molar-refractivity contribution in [3.63, 3.8) is 0 Å². The van der Waals surface area contributed by atoms with E-state index in [1.165, 1.54) is 10.6 Å². The van der Waals surface area contributed by atoms with E-state index in [0.717, 1.165) is 36.4 Å². The van der Waals surface area contributed by atoms with E-state index in [9.17, 15) is 79.8 Å². The molecule has 0 bridgehead atoms. The van der Waals surface area contributed by atoms with Gasteiger partial charge < -0.3 is 9.47 Å². The second kappa shape index (κ2) is 12.3. The summed E-state index contributed by atoms with van der Waals surface area (Å²) in [5.41, 5.74) is -1.22. The van der Waals surface area contributed by atoms with E-state index < -0.39 is 85.2 Å². The molecular weight excluding hydrogens is 660 g/mol. The van der Waals surface area contributed by atoms with E-state index in [0.29, 0.717) is 0 Å². The molecule has 0 aliphatic carbocycles. The molecule has 2 amide bonds. The van der Waals surface area contributed by atoms with Gasteiger partial charge in [-0.25, -0.2) is 18.4 Å². The topological polar surface area (TPSA) is 76.7 Å². The minimum absolute atomic E-state index is 0.338. The van der Waals surface area contributed by atoms with Crippen LogP contribution >= 0.6 is 0 Å². The van der Waals surface area contributed by atoms with Crippen LogP contribution in [0.3, 0.4) is 0 Å². The summed E-state index contributed by atoms with van der Waals surface area (Å²) in [6.07, 6.45) is -14.2. The molecule has 0 aliphatic heterocycles. The van der Waals surface area contributed by atoms with Crippen molar-refractivity contribution >= 4 is 34.3 Å². The third-order valence-corrected chi connectivity index (χ3v) is 5.48. The highest BCUT2D eigenvalue weighted by molar-refractivity contribution is 6.07. The summed E-state index contributed by atoms with van der Waals surface area (Å²) in [6, 6.07) is 5.63. The zero-order valence-electron chi connectivity index (χ0n) is 20.7. The van der Waals surface area contributed by atoms with Crippen LogP contribution in [0.15, 0.2) is 36.4 Å². The number of ether oxygens (including phenoxy) is 2. The summed E-state index contributed by atoms with van der Waals surface area (Å²) in [5.74, 6) is -38.5. The van der Waals surface area contributed by atoms with Gasteiger partial charge >= 0.3 is 60.4 Å². The highest BCUT2D eigenvalue weighted by Gasteiger charge is 2.77. The summed E-state index contributed by atoms with van der Waals surface area (Å²) in [6.45, 7) is -6.69. The van der Waals surface area contributed by atoms with Gasteiger partial charge in [0.2, 0.25) is 0 Å². The van der Waals surface area contributed by atoms with Gasteiger partial charge in [0.15, 0.2) is 13.3 Å². The maximum absolute atomic E-state index is 13.7. The molecule has 0 unspecified atom stereocenters. The van der Waals surface area contributed by atoms with Crippen molar-refractivity contribution in [3.8, 4) is 0 Å². The van der Waals surface area contributed by atoms with Gasteiger partial charge in [-0.15, -0.1) is 0 Å². The molecule has 0 radical (unpaired) electrons. The predicted molar refractivity (Wildman–Crippen MR) is 116 cm³/mol. The molecule has 248 valence electrons. The molecule has 0 aliphatic rings. The molecule has 2 aromatic carbocycles. The summed E-state index contributed by atoms with van der Waals surface area (Å²) in [4.78, 5) is 23.7. The number of carbonyl (C=O) groups excluding carboxylic acids is 2. The van der Waals surface area contributed by atoms with Crippen LogP contribution in [0.25, 0.3) is 10.8 Å². The van der Waals surface area contributed by atoms with E-state index >= 15 is 0 Å². The molecule has 2 atom stereocenters. The second-order valence-electron chi connectivity index (χ2n) is 8.47. The Kier molecular flexibility index (Phi) is 10.1. The minimum Gasteiger partial charge on any atom is -0.408 e. The molecule has 22 heteroatoms. The molecule has 0 spiro atoms. The standard InChI is InChI=1S/C22H14F16N2O4/c23-7-17(27,28)21(35,36)19(31,32)13(25)43-15(41)39-11-5-1-3-9-10(11)4-2-6-12(9)40-16(42)44-14(26)20(33,34)22(37,38)18(29,30)8-24/h1-6,13-14H,7-8H2,(H,39,41)(H,40,42)/t13-,14+. The molecule has 0 saturated heterocycles. The Morgan fingerprint density at radius 1 is 0.591 bits per heavy atom. The second-order valence-corrected chi connectivity index (χ2v) is 8.47. The Balaban J connectivity index is 2.24. The largest absolute Gasteiger partial charge is 0.414 e. The smallest absolute Gasteiger partial charge is 0.408 e. The lowest BCUT2D eigenvalue weighted by molar-refractivity contribution is -0.348. The maximum Gasteiger partial charge on any atom is 0.414 e. The predicted octanol–water partition coefficient (Wildman–Crippen LogP) is 8.28. The van der Waals surface area contributed by atoms with Crippen molar-refractivity contribution in [3.05, 3.63) is 36.4 Å². The van der Waals surface area contributed by atoms with Crippen LogP contribution in [-0.4, -0.2) is 73.8 Å². The number of anilines is 2. The average Bonchev–Trinajstić information content (AvgIpc) is 2.92. The highest BCUT2D eigenvalue weighted by Crippen LogP contribution is 2.50. The minimum atomic E-state index is -6.68. The molecular formula is C22H14F16N2O4. The number of halogens is 16. The van der Waals surface area contributed by atoms with Gasteiger partial charge in [0, 0.05) is 10.8 Å². The number of hydrogen-bond acceptors (Lipinski definition) is 4. The number of alkyl halides is 16. The van der Waals surface area contributed by atoms with Gasteiger partial charge in [0.1, 0.15) is 0 Å². The fourth-order valence-corrected chi connectivity index (χ4v) is 3.08. The summed E-state index contributed by atoms with van der Waals surface area (Å²) < 4.78 is 218. The molecule has 0 aromatic heterocycles. The first-order valence-corrected chi connectivity index (χ1v) is 11.0. The van der Waals surface area contributed by atoms with Crippen LogP contribution in [0.2, 0.25) is 0 Å². The lowest BCUT2D eigenvalue weighted by atomic mass is 10.1. The number of amides is 2. The van der Waals surface area contributed by atoms with E-state index in [-0.39, 0.29) is 10.8 Å². The first kappa shape index (κ1) is 36.3. The van der Waals surface area contributed by atoms with Gasteiger partial charge in [-0.1, -0.05) is 24.3 Å². The van der Waals surface area contributed by atoms with E-state index in [1.807, 2.05) is 0 Å². The van der Waals surface area contributed by atoms with E-state index in [2.05, 4.69) is 9.47 Å². The number of carbonyl (C=O) groups is 2. The average molecular weight is 674 g/mol.